The Morgan fingerprint density at radius 1 is 1.39 bits per heavy atom. The molecule has 0 unspecified atom stereocenters. The van der Waals surface area contributed by atoms with E-state index in [0.29, 0.717) is 5.92 Å². The fourth-order valence-electron chi connectivity index (χ4n) is 2.03. The Morgan fingerprint density at radius 2 is 2.28 bits per heavy atom. The number of nitrogens with zero attached hydrogens (tertiary/aromatic N) is 2. The molecule has 3 heterocycles. The van der Waals surface area contributed by atoms with Crippen molar-refractivity contribution < 1.29 is 0 Å². The van der Waals surface area contributed by atoms with Crippen LogP contribution in [0.3, 0.4) is 0 Å². The van der Waals surface area contributed by atoms with Crippen molar-refractivity contribution in [2.45, 2.75) is 20.3 Å². The summed E-state index contributed by atoms with van der Waals surface area (Å²) in [7, 11) is 0. The van der Waals surface area contributed by atoms with E-state index < -0.39 is 0 Å². The van der Waals surface area contributed by atoms with Crippen LogP contribution in [0.4, 0.5) is 0 Å². The highest BCUT2D eigenvalue weighted by atomic mass is 32.1. The summed E-state index contributed by atoms with van der Waals surface area (Å²) in [5.74, 6) is 0.645. The SMILES string of the molecule is CC(C)Cc1csc(-c2cc3cnccc3[nH]2)n1. The van der Waals surface area contributed by atoms with Crippen LogP contribution >= 0.6 is 11.3 Å². The Morgan fingerprint density at radius 3 is 3.06 bits per heavy atom. The number of nitrogens with one attached hydrogen (secondary N) is 1. The molecule has 4 heteroatoms. The monoisotopic (exact) mass is 257 g/mol. The fraction of sp³-hybridized carbons (Fsp3) is 0.286. The van der Waals surface area contributed by atoms with Crippen molar-refractivity contribution in [2.75, 3.05) is 0 Å². The lowest BCUT2D eigenvalue weighted by molar-refractivity contribution is 0.638. The van der Waals surface area contributed by atoms with E-state index in [0.717, 1.165) is 28.0 Å². The minimum absolute atomic E-state index is 0.645. The number of thiazole rings is 1. The first-order valence-corrected chi connectivity index (χ1v) is 6.98. The van der Waals surface area contributed by atoms with E-state index in [2.05, 4.69) is 40.2 Å². The third-order valence-corrected chi connectivity index (χ3v) is 3.74. The van der Waals surface area contributed by atoms with Crippen molar-refractivity contribution in [1.29, 1.82) is 0 Å². The molecule has 92 valence electrons. The van der Waals surface area contributed by atoms with Gasteiger partial charge in [-0.1, -0.05) is 13.8 Å². The number of H-pyrrole nitrogens is 1. The standard InChI is InChI=1S/C14H15N3S/c1-9(2)5-11-8-18-14(16-11)13-6-10-7-15-4-3-12(10)17-13/h3-4,6-9,17H,5H2,1-2H3. The van der Waals surface area contributed by atoms with Crippen molar-refractivity contribution in [3.05, 3.63) is 35.6 Å². The Balaban J connectivity index is 1.96. The molecule has 18 heavy (non-hydrogen) atoms. The summed E-state index contributed by atoms with van der Waals surface area (Å²) in [6.45, 7) is 4.43. The van der Waals surface area contributed by atoms with Gasteiger partial charge in [-0.25, -0.2) is 4.98 Å². The highest BCUT2D eigenvalue weighted by Gasteiger charge is 2.08. The molecule has 1 N–H and O–H groups in total. The van der Waals surface area contributed by atoms with Crippen molar-refractivity contribution in [1.82, 2.24) is 15.0 Å². The maximum atomic E-state index is 4.68. The first-order chi connectivity index (χ1) is 8.72. The quantitative estimate of drug-likeness (QED) is 0.773. The van der Waals surface area contributed by atoms with Crippen LogP contribution in [0.2, 0.25) is 0 Å². The van der Waals surface area contributed by atoms with Crippen LogP contribution in [0, 0.1) is 5.92 Å². The molecular weight excluding hydrogens is 242 g/mol. The molecule has 0 aliphatic rings. The van der Waals surface area contributed by atoms with E-state index in [9.17, 15) is 0 Å². The van der Waals surface area contributed by atoms with E-state index in [1.165, 1.54) is 5.69 Å². The third kappa shape index (κ3) is 2.16. The minimum atomic E-state index is 0.645. The Bertz CT molecular complexity index is 633. The smallest absolute Gasteiger partial charge is 0.139 e. The second-order valence-electron chi connectivity index (χ2n) is 4.89. The average Bonchev–Trinajstić information content (AvgIpc) is 2.93. The van der Waals surface area contributed by atoms with Crippen molar-refractivity contribution >= 4 is 22.2 Å². The van der Waals surface area contributed by atoms with E-state index >= 15 is 0 Å². The Hall–Kier alpha value is -1.68. The van der Waals surface area contributed by atoms with Gasteiger partial charge < -0.3 is 4.98 Å². The van der Waals surface area contributed by atoms with E-state index in [1.807, 2.05) is 12.3 Å². The first kappa shape index (κ1) is 11.4. The van der Waals surface area contributed by atoms with Crippen LogP contribution in [0.1, 0.15) is 19.5 Å². The highest BCUT2D eigenvalue weighted by Crippen LogP contribution is 2.27. The molecule has 3 rings (SSSR count). The zero-order valence-electron chi connectivity index (χ0n) is 10.5. The molecule has 0 spiro atoms. The molecule has 3 aromatic rings. The largest absolute Gasteiger partial charge is 0.352 e. The van der Waals surface area contributed by atoms with Gasteiger partial charge in [-0.05, 0) is 24.5 Å². The highest BCUT2D eigenvalue weighted by molar-refractivity contribution is 7.13. The molecule has 0 aliphatic heterocycles. The maximum Gasteiger partial charge on any atom is 0.139 e. The van der Waals surface area contributed by atoms with Gasteiger partial charge in [0.2, 0.25) is 0 Å². The lowest BCUT2D eigenvalue weighted by Gasteiger charge is -1.98. The molecular formula is C14H15N3S. The van der Waals surface area contributed by atoms with Crippen LogP contribution in [-0.2, 0) is 6.42 Å². The van der Waals surface area contributed by atoms with Crippen LogP contribution in [-0.4, -0.2) is 15.0 Å². The average molecular weight is 257 g/mol. The lowest BCUT2D eigenvalue weighted by Crippen LogP contribution is -1.93. The summed E-state index contributed by atoms with van der Waals surface area (Å²) in [4.78, 5) is 12.2. The zero-order chi connectivity index (χ0) is 12.5. The van der Waals surface area contributed by atoms with Crippen LogP contribution in [0.15, 0.2) is 29.9 Å². The number of aromatic nitrogens is 3. The molecule has 0 saturated heterocycles. The maximum absolute atomic E-state index is 4.68. The normalized spacial score (nSPS) is 11.5. The summed E-state index contributed by atoms with van der Waals surface area (Å²) >= 11 is 1.70. The van der Waals surface area contributed by atoms with Crippen LogP contribution in [0.25, 0.3) is 21.6 Å². The molecule has 3 nitrogen and oxygen atoms in total. The van der Waals surface area contributed by atoms with Gasteiger partial charge in [0, 0.05) is 28.7 Å². The van der Waals surface area contributed by atoms with Gasteiger partial charge in [0.25, 0.3) is 0 Å². The lowest BCUT2D eigenvalue weighted by atomic mass is 10.1. The zero-order valence-corrected chi connectivity index (χ0v) is 11.3. The summed E-state index contributed by atoms with van der Waals surface area (Å²) in [5.41, 5.74) is 3.38. The van der Waals surface area contributed by atoms with Gasteiger partial charge in [0.1, 0.15) is 5.01 Å². The summed E-state index contributed by atoms with van der Waals surface area (Å²) in [5, 5.41) is 4.34. The summed E-state index contributed by atoms with van der Waals surface area (Å²) in [6.07, 6.45) is 4.71. The number of hydrogen-bond donors (Lipinski definition) is 1. The molecule has 0 bridgehead atoms. The number of rotatable bonds is 3. The van der Waals surface area contributed by atoms with Crippen LogP contribution in [0.5, 0.6) is 0 Å². The molecule has 0 aromatic carbocycles. The minimum Gasteiger partial charge on any atom is -0.352 e. The second-order valence-corrected chi connectivity index (χ2v) is 5.75. The molecule has 0 saturated carbocycles. The number of hydrogen-bond acceptors (Lipinski definition) is 3. The van der Waals surface area contributed by atoms with Crippen LogP contribution < -0.4 is 0 Å². The molecule has 0 aliphatic carbocycles. The second kappa shape index (κ2) is 4.53. The van der Waals surface area contributed by atoms with Gasteiger partial charge in [0.15, 0.2) is 0 Å². The van der Waals surface area contributed by atoms with Gasteiger partial charge >= 0.3 is 0 Å². The Labute approximate surface area is 110 Å². The first-order valence-electron chi connectivity index (χ1n) is 6.10. The van der Waals surface area contributed by atoms with Gasteiger partial charge in [-0.3, -0.25) is 4.98 Å². The van der Waals surface area contributed by atoms with Gasteiger partial charge in [0.05, 0.1) is 11.4 Å². The third-order valence-electron chi connectivity index (χ3n) is 2.82. The molecule has 0 amide bonds. The van der Waals surface area contributed by atoms with E-state index in [4.69, 9.17) is 0 Å². The van der Waals surface area contributed by atoms with E-state index in [1.54, 1.807) is 17.5 Å². The number of aromatic amines is 1. The predicted octanol–water partition coefficient (Wildman–Crippen LogP) is 3.88. The van der Waals surface area contributed by atoms with E-state index in [-0.39, 0.29) is 0 Å². The topological polar surface area (TPSA) is 41.6 Å². The molecule has 0 atom stereocenters. The number of pyridine rings is 1. The van der Waals surface area contributed by atoms with Crippen molar-refractivity contribution in [3.63, 3.8) is 0 Å². The predicted molar refractivity (Wildman–Crippen MR) is 75.7 cm³/mol. The molecule has 3 aromatic heterocycles. The van der Waals surface area contributed by atoms with Crippen molar-refractivity contribution in [2.24, 2.45) is 5.92 Å². The van der Waals surface area contributed by atoms with Gasteiger partial charge in [-0.15, -0.1) is 11.3 Å². The molecule has 0 radical (unpaired) electrons. The summed E-state index contributed by atoms with van der Waals surface area (Å²) in [6, 6.07) is 4.10. The fourth-order valence-corrected chi connectivity index (χ4v) is 2.83. The molecule has 0 fully saturated rings. The van der Waals surface area contributed by atoms with Gasteiger partial charge in [-0.2, -0.15) is 0 Å². The Kier molecular flexibility index (Phi) is 2.88. The number of fused-ring (bicyclic) bond motifs is 1. The summed E-state index contributed by atoms with van der Waals surface area (Å²) < 4.78 is 0. The van der Waals surface area contributed by atoms with Crippen molar-refractivity contribution in [3.8, 4) is 10.7 Å².